The zero-order valence-corrected chi connectivity index (χ0v) is 47.1. The van der Waals surface area contributed by atoms with Crippen LogP contribution in [0.3, 0.4) is 0 Å². The molecule has 0 aromatic heterocycles. The summed E-state index contributed by atoms with van der Waals surface area (Å²) in [5.74, 6) is -4.53. The summed E-state index contributed by atoms with van der Waals surface area (Å²) in [6.07, 6.45) is 0. The van der Waals surface area contributed by atoms with E-state index >= 15 is 0 Å². The van der Waals surface area contributed by atoms with Crippen LogP contribution < -0.4 is 14.2 Å². The van der Waals surface area contributed by atoms with Crippen LogP contribution >= 0.6 is 0 Å². The number of ether oxygens (including phenoxy) is 3. The minimum Gasteiger partial charge on any atom is -0.508 e. The van der Waals surface area contributed by atoms with E-state index in [2.05, 4.69) is 0 Å². The standard InChI is InChI=1S/C68H68O13/c1-35-24-57(69)39(5)20-49(35)66(50-21-40(6)58(70)25-36(50)2)55-28-46(16-18-61(55)79-32-63(73)74)43(9)53-30-48(45-14-12-11-13-15-45)31-54(68(53)81-34-65(77)78)44(10)47-17-19-62(80-33-64(75)76)56(29-47)67(51-22-41(7)59(71)26-37(51)3)52-23-42(8)60(72)27-38(52)4/h11-31,43-44,66-67,69-72H,32-34H2,1-10H3,(H,73,74)(H,75,76)(H,77,78). The predicted octanol–water partition coefficient (Wildman–Crippen LogP) is 13.7. The quantitative estimate of drug-likeness (QED) is 0.0354. The number of aromatic hydroxyl groups is 4. The van der Waals surface area contributed by atoms with Crippen molar-refractivity contribution in [3.63, 3.8) is 0 Å². The van der Waals surface area contributed by atoms with Crippen molar-refractivity contribution in [2.75, 3.05) is 19.8 Å². The highest BCUT2D eigenvalue weighted by atomic mass is 16.5. The first-order valence-corrected chi connectivity index (χ1v) is 26.7. The van der Waals surface area contributed by atoms with Gasteiger partial charge in [0.15, 0.2) is 19.8 Å². The Hall–Kier alpha value is -9.23. The molecule has 418 valence electrons. The molecule has 0 bridgehead atoms. The van der Waals surface area contributed by atoms with Crippen molar-refractivity contribution >= 4 is 17.9 Å². The maximum absolute atomic E-state index is 12.6. The van der Waals surface area contributed by atoms with Crippen molar-refractivity contribution in [1.29, 1.82) is 0 Å². The number of phenolic OH excluding ortho intramolecular Hbond substituents is 4. The number of hydrogen-bond acceptors (Lipinski definition) is 10. The van der Waals surface area contributed by atoms with Crippen LogP contribution in [-0.2, 0) is 14.4 Å². The Morgan fingerprint density at radius 3 is 1.00 bits per heavy atom. The number of carbonyl (C=O) groups is 3. The van der Waals surface area contributed by atoms with Crippen LogP contribution in [0.25, 0.3) is 11.1 Å². The molecule has 8 aromatic carbocycles. The second kappa shape index (κ2) is 24.0. The highest BCUT2D eigenvalue weighted by Gasteiger charge is 2.32. The monoisotopic (exact) mass is 1090 g/mol. The third-order valence-electron chi connectivity index (χ3n) is 15.5. The molecule has 0 amide bonds. The van der Waals surface area contributed by atoms with Gasteiger partial charge in [0.2, 0.25) is 0 Å². The number of rotatable bonds is 20. The van der Waals surface area contributed by atoms with Crippen LogP contribution in [0.5, 0.6) is 40.2 Å². The van der Waals surface area contributed by atoms with Crippen molar-refractivity contribution in [1.82, 2.24) is 0 Å². The highest BCUT2D eigenvalue weighted by molar-refractivity contribution is 5.73. The molecule has 81 heavy (non-hydrogen) atoms. The lowest BCUT2D eigenvalue weighted by Gasteiger charge is -2.29. The summed E-state index contributed by atoms with van der Waals surface area (Å²) in [6, 6.07) is 39.3. The molecule has 0 aliphatic rings. The van der Waals surface area contributed by atoms with Gasteiger partial charge in [-0.2, -0.15) is 0 Å². The molecule has 0 spiro atoms. The minimum atomic E-state index is -1.20. The van der Waals surface area contributed by atoms with Crippen LogP contribution in [0.4, 0.5) is 0 Å². The summed E-state index contributed by atoms with van der Waals surface area (Å²) in [4.78, 5) is 36.9. The number of aliphatic carboxylic acids is 3. The maximum atomic E-state index is 12.6. The van der Waals surface area contributed by atoms with Gasteiger partial charge >= 0.3 is 17.9 Å². The molecule has 0 saturated carbocycles. The Balaban J connectivity index is 1.40. The van der Waals surface area contributed by atoms with E-state index in [0.29, 0.717) is 61.8 Å². The molecule has 13 heteroatoms. The molecule has 2 unspecified atom stereocenters. The molecular weight excluding hydrogens is 1020 g/mol. The molecule has 8 rings (SSSR count). The fraction of sp³-hybridized carbons (Fsp3) is 0.250. The summed E-state index contributed by atoms with van der Waals surface area (Å²) < 4.78 is 18.7. The Labute approximate surface area is 472 Å². The Bertz CT molecular complexity index is 3400. The lowest BCUT2D eigenvalue weighted by Crippen LogP contribution is -2.16. The number of hydrogen-bond donors (Lipinski definition) is 7. The van der Waals surface area contributed by atoms with Crippen molar-refractivity contribution in [2.45, 2.75) is 92.9 Å². The van der Waals surface area contributed by atoms with Gasteiger partial charge in [0.05, 0.1) is 0 Å². The maximum Gasteiger partial charge on any atom is 0.341 e. The lowest BCUT2D eigenvalue weighted by atomic mass is 9.77. The van der Waals surface area contributed by atoms with E-state index < -0.39 is 61.4 Å². The molecule has 0 aliphatic heterocycles. The Kier molecular flexibility index (Phi) is 17.2. The highest BCUT2D eigenvalue weighted by Crippen LogP contribution is 2.49. The molecule has 0 aliphatic carbocycles. The van der Waals surface area contributed by atoms with Gasteiger partial charge in [0.25, 0.3) is 0 Å². The van der Waals surface area contributed by atoms with E-state index in [4.69, 9.17) is 14.2 Å². The van der Waals surface area contributed by atoms with E-state index in [-0.39, 0.29) is 23.0 Å². The normalized spacial score (nSPS) is 12.1. The molecule has 0 radical (unpaired) electrons. The van der Waals surface area contributed by atoms with Crippen LogP contribution in [0.1, 0.15) is 138 Å². The zero-order valence-electron chi connectivity index (χ0n) is 47.1. The Morgan fingerprint density at radius 1 is 0.358 bits per heavy atom. The van der Waals surface area contributed by atoms with Crippen molar-refractivity contribution in [3.05, 3.63) is 228 Å². The fourth-order valence-electron chi connectivity index (χ4n) is 11.0. The van der Waals surface area contributed by atoms with Crippen LogP contribution in [0.2, 0.25) is 0 Å². The molecule has 0 saturated heterocycles. The van der Waals surface area contributed by atoms with Gasteiger partial charge in [-0.25, -0.2) is 14.4 Å². The molecule has 2 atom stereocenters. The van der Waals surface area contributed by atoms with Crippen molar-refractivity contribution < 1.29 is 64.3 Å². The van der Waals surface area contributed by atoms with Gasteiger partial charge in [-0.15, -0.1) is 0 Å². The van der Waals surface area contributed by atoms with Gasteiger partial charge in [0, 0.05) is 45.9 Å². The minimum absolute atomic E-state index is 0.110. The van der Waals surface area contributed by atoms with Crippen molar-refractivity contribution in [3.8, 4) is 51.4 Å². The fourth-order valence-corrected chi connectivity index (χ4v) is 11.0. The second-order valence-electron chi connectivity index (χ2n) is 21.3. The lowest BCUT2D eigenvalue weighted by molar-refractivity contribution is -0.140. The number of phenols is 4. The Morgan fingerprint density at radius 2 is 0.679 bits per heavy atom. The van der Waals surface area contributed by atoms with E-state index in [0.717, 1.165) is 66.8 Å². The predicted molar refractivity (Wildman–Crippen MR) is 311 cm³/mol. The summed E-state index contributed by atoms with van der Waals surface area (Å²) in [6.45, 7) is 16.8. The molecule has 7 N–H and O–H groups in total. The van der Waals surface area contributed by atoms with Gasteiger partial charge in [-0.3, -0.25) is 0 Å². The molecule has 13 nitrogen and oxygen atoms in total. The van der Waals surface area contributed by atoms with Gasteiger partial charge < -0.3 is 50.0 Å². The smallest absolute Gasteiger partial charge is 0.341 e. The first-order chi connectivity index (χ1) is 38.4. The van der Waals surface area contributed by atoms with Gasteiger partial charge in [-0.05, 0) is 193 Å². The van der Waals surface area contributed by atoms with Gasteiger partial charge in [-0.1, -0.05) is 92.7 Å². The average Bonchev–Trinajstić information content (AvgIpc) is 3.63. The van der Waals surface area contributed by atoms with Crippen LogP contribution in [-0.4, -0.2) is 73.5 Å². The third kappa shape index (κ3) is 12.5. The summed E-state index contributed by atoms with van der Waals surface area (Å²) in [5.41, 5.74) is 14.4. The number of carboxylic acid groups (broad SMARTS) is 3. The summed E-state index contributed by atoms with van der Waals surface area (Å²) in [7, 11) is 0. The number of carboxylic acids is 3. The van der Waals surface area contributed by atoms with E-state index in [9.17, 15) is 50.1 Å². The second-order valence-corrected chi connectivity index (χ2v) is 21.3. The third-order valence-corrected chi connectivity index (χ3v) is 15.5. The molecule has 0 heterocycles. The first-order valence-electron chi connectivity index (χ1n) is 26.7. The largest absolute Gasteiger partial charge is 0.508 e. The summed E-state index contributed by atoms with van der Waals surface area (Å²) >= 11 is 0. The van der Waals surface area contributed by atoms with E-state index in [1.807, 2.05) is 133 Å². The average molecular weight is 1090 g/mol. The first kappa shape index (κ1) is 57.9. The topological polar surface area (TPSA) is 221 Å². The van der Waals surface area contributed by atoms with Crippen LogP contribution in [0, 0.1) is 55.4 Å². The molecule has 0 fully saturated rings. The van der Waals surface area contributed by atoms with E-state index in [1.54, 1.807) is 64.1 Å². The van der Waals surface area contributed by atoms with Crippen molar-refractivity contribution in [2.24, 2.45) is 0 Å². The van der Waals surface area contributed by atoms with Gasteiger partial charge in [0.1, 0.15) is 40.2 Å². The summed E-state index contributed by atoms with van der Waals surface area (Å²) in [5, 5.41) is 73.7. The number of benzene rings is 8. The van der Waals surface area contributed by atoms with E-state index in [1.165, 1.54) is 0 Å². The molecular formula is C68H68O13. The number of aryl methyl sites for hydroxylation is 8. The zero-order chi connectivity index (χ0) is 58.7. The molecule has 8 aromatic rings. The van der Waals surface area contributed by atoms with Crippen LogP contribution in [0.15, 0.2) is 127 Å². The SMILES string of the molecule is Cc1cc(C(c2cc(C)c(O)cc2C)c2cc(C(C)c3cc(-c4ccccc4)cc(C(C)c4ccc(OCC(=O)O)c(C(c5cc(C)c(O)cc5C)c5cc(C)c(O)cc5C)c4)c3OCC(=O)O)ccc2OCC(=O)O)c(C)cc1O.